The second kappa shape index (κ2) is 9.31. The average Bonchev–Trinajstić information content (AvgIpc) is 2.90. The van der Waals surface area contributed by atoms with Crippen molar-refractivity contribution in [2.45, 2.75) is 50.0 Å². The molecule has 1 aromatic rings. The van der Waals surface area contributed by atoms with Crippen molar-refractivity contribution in [2.24, 2.45) is 0 Å². The molecule has 1 aliphatic heterocycles. The van der Waals surface area contributed by atoms with Gasteiger partial charge in [-0.1, -0.05) is 18.9 Å². The van der Waals surface area contributed by atoms with Crippen LogP contribution in [0.4, 0.5) is 0 Å². The molecule has 0 aliphatic carbocycles. The third-order valence-corrected chi connectivity index (χ3v) is 6.33. The summed E-state index contributed by atoms with van der Waals surface area (Å²) in [4.78, 5) is 12.6. The number of methoxy groups -OCH3 is 1. The molecule has 2 rings (SSSR count). The number of carbonyl (C=O) groups is 1. The number of benzene rings is 1. The van der Waals surface area contributed by atoms with E-state index in [9.17, 15) is 13.2 Å². The molecule has 0 radical (unpaired) electrons. The summed E-state index contributed by atoms with van der Waals surface area (Å²) in [6, 6.07) is 6.25. The molecular weight excluding hydrogens is 340 g/mol. The first-order valence-corrected chi connectivity index (χ1v) is 10.3. The second-order valence-electron chi connectivity index (χ2n) is 6.50. The van der Waals surface area contributed by atoms with E-state index in [1.165, 1.54) is 10.4 Å². The average molecular weight is 368 g/mol. The summed E-state index contributed by atoms with van der Waals surface area (Å²) in [5.74, 6) is -0.267. The minimum Gasteiger partial charge on any atom is -0.385 e. The molecule has 1 aliphatic rings. The standard InChI is InChI=1S/C18H28N2O4S/c1-15(10-13-24-2)19-18(21)16-8-7-9-17(14-16)25(22,23)20-11-5-3-4-6-12-20/h7-9,14-15H,3-6,10-13H2,1-2H3,(H,19,21). The normalized spacial score (nSPS) is 17.7. The maximum Gasteiger partial charge on any atom is 0.251 e. The lowest BCUT2D eigenvalue weighted by Crippen LogP contribution is -2.34. The Balaban J connectivity index is 2.13. The predicted octanol–water partition coefficient (Wildman–Crippen LogP) is 2.41. The fourth-order valence-electron chi connectivity index (χ4n) is 2.90. The summed E-state index contributed by atoms with van der Waals surface area (Å²) >= 11 is 0. The molecule has 7 heteroatoms. The van der Waals surface area contributed by atoms with Crippen LogP contribution < -0.4 is 5.32 Å². The summed E-state index contributed by atoms with van der Waals surface area (Å²) in [5.41, 5.74) is 0.361. The Kier molecular flexibility index (Phi) is 7.40. The van der Waals surface area contributed by atoms with E-state index in [0.717, 1.165) is 25.7 Å². The molecule has 6 nitrogen and oxygen atoms in total. The molecule has 1 unspecified atom stereocenters. The summed E-state index contributed by atoms with van der Waals surface area (Å²) < 4.78 is 32.3. The van der Waals surface area contributed by atoms with Crippen molar-refractivity contribution in [2.75, 3.05) is 26.8 Å². The van der Waals surface area contributed by atoms with E-state index in [1.54, 1.807) is 25.3 Å². The quantitative estimate of drug-likeness (QED) is 0.802. The van der Waals surface area contributed by atoms with E-state index in [2.05, 4.69) is 5.32 Å². The number of rotatable bonds is 7. The first-order chi connectivity index (χ1) is 11.9. The van der Waals surface area contributed by atoms with Crippen LogP contribution in [0, 0.1) is 0 Å². The minimum absolute atomic E-state index is 0.0432. The number of nitrogens with zero attached hydrogens (tertiary/aromatic N) is 1. The van der Waals surface area contributed by atoms with E-state index in [0.29, 0.717) is 31.7 Å². The zero-order chi connectivity index (χ0) is 18.3. The van der Waals surface area contributed by atoms with Gasteiger partial charge in [0.05, 0.1) is 4.90 Å². The molecule has 0 aromatic heterocycles. The largest absolute Gasteiger partial charge is 0.385 e. The summed E-state index contributed by atoms with van der Waals surface area (Å²) in [6.07, 6.45) is 4.60. The number of sulfonamides is 1. The van der Waals surface area contributed by atoms with Gasteiger partial charge in [0, 0.05) is 38.4 Å². The summed E-state index contributed by atoms with van der Waals surface area (Å²) in [5, 5.41) is 2.87. The van der Waals surface area contributed by atoms with E-state index in [4.69, 9.17) is 4.74 Å². The Morgan fingerprint density at radius 3 is 2.56 bits per heavy atom. The van der Waals surface area contributed by atoms with Crippen LogP contribution in [0.5, 0.6) is 0 Å². The van der Waals surface area contributed by atoms with Crippen LogP contribution in [0.1, 0.15) is 49.4 Å². The Hall–Kier alpha value is -1.44. The molecule has 1 saturated heterocycles. The van der Waals surface area contributed by atoms with Gasteiger partial charge < -0.3 is 10.1 Å². The van der Waals surface area contributed by atoms with Gasteiger partial charge in [-0.15, -0.1) is 0 Å². The third kappa shape index (κ3) is 5.52. The van der Waals surface area contributed by atoms with E-state index in [1.807, 2.05) is 6.92 Å². The molecule has 140 valence electrons. The lowest BCUT2D eigenvalue weighted by atomic mass is 10.2. The zero-order valence-corrected chi connectivity index (χ0v) is 15.8. The molecule has 1 N–H and O–H groups in total. The smallest absolute Gasteiger partial charge is 0.251 e. The van der Waals surface area contributed by atoms with Crippen molar-refractivity contribution in [1.82, 2.24) is 9.62 Å². The van der Waals surface area contributed by atoms with Crippen LogP contribution in [0.15, 0.2) is 29.2 Å². The van der Waals surface area contributed by atoms with Crippen LogP contribution in [-0.4, -0.2) is 51.5 Å². The Morgan fingerprint density at radius 2 is 1.92 bits per heavy atom. The molecule has 25 heavy (non-hydrogen) atoms. The number of nitrogens with one attached hydrogen (secondary N) is 1. The van der Waals surface area contributed by atoms with Crippen LogP contribution in [0.25, 0.3) is 0 Å². The van der Waals surface area contributed by atoms with Gasteiger partial charge in [0.25, 0.3) is 5.91 Å². The Morgan fingerprint density at radius 1 is 1.24 bits per heavy atom. The van der Waals surface area contributed by atoms with Crippen LogP contribution in [0.3, 0.4) is 0 Å². The van der Waals surface area contributed by atoms with Gasteiger partial charge in [0.1, 0.15) is 0 Å². The van der Waals surface area contributed by atoms with Gasteiger partial charge in [0.15, 0.2) is 0 Å². The van der Waals surface area contributed by atoms with Crippen molar-refractivity contribution < 1.29 is 17.9 Å². The molecule has 0 spiro atoms. The molecule has 1 aromatic carbocycles. The lowest BCUT2D eigenvalue weighted by molar-refractivity contribution is 0.0929. The highest BCUT2D eigenvalue weighted by Crippen LogP contribution is 2.21. The Bertz CT molecular complexity index is 667. The van der Waals surface area contributed by atoms with Crippen molar-refractivity contribution in [3.8, 4) is 0 Å². The SMILES string of the molecule is COCCC(C)NC(=O)c1cccc(S(=O)(=O)N2CCCCCC2)c1. The Labute approximate surface area is 150 Å². The number of hydrogen-bond acceptors (Lipinski definition) is 4. The lowest BCUT2D eigenvalue weighted by Gasteiger charge is -2.20. The van der Waals surface area contributed by atoms with Crippen LogP contribution >= 0.6 is 0 Å². The van der Waals surface area contributed by atoms with Gasteiger partial charge in [-0.05, 0) is 44.4 Å². The van der Waals surface area contributed by atoms with Crippen molar-refractivity contribution in [3.63, 3.8) is 0 Å². The monoisotopic (exact) mass is 368 g/mol. The van der Waals surface area contributed by atoms with Gasteiger partial charge in [-0.2, -0.15) is 4.31 Å². The molecular formula is C18H28N2O4S. The maximum absolute atomic E-state index is 12.9. The van der Waals surface area contributed by atoms with Crippen LogP contribution in [0.2, 0.25) is 0 Å². The predicted molar refractivity (Wildman–Crippen MR) is 97.1 cm³/mol. The number of carbonyl (C=O) groups excluding carboxylic acids is 1. The molecule has 0 bridgehead atoms. The van der Waals surface area contributed by atoms with E-state index < -0.39 is 10.0 Å². The first-order valence-electron chi connectivity index (χ1n) is 8.85. The van der Waals surface area contributed by atoms with Gasteiger partial charge in [-0.3, -0.25) is 4.79 Å². The number of ether oxygens (including phenoxy) is 1. The van der Waals surface area contributed by atoms with Crippen molar-refractivity contribution in [3.05, 3.63) is 29.8 Å². The zero-order valence-electron chi connectivity index (χ0n) is 15.0. The van der Waals surface area contributed by atoms with Crippen molar-refractivity contribution >= 4 is 15.9 Å². The van der Waals surface area contributed by atoms with Crippen LogP contribution in [-0.2, 0) is 14.8 Å². The fourth-order valence-corrected chi connectivity index (χ4v) is 4.47. The van der Waals surface area contributed by atoms with E-state index in [-0.39, 0.29) is 16.8 Å². The highest BCUT2D eigenvalue weighted by atomic mass is 32.2. The van der Waals surface area contributed by atoms with Crippen molar-refractivity contribution in [1.29, 1.82) is 0 Å². The number of amides is 1. The van der Waals surface area contributed by atoms with E-state index >= 15 is 0 Å². The fraction of sp³-hybridized carbons (Fsp3) is 0.611. The third-order valence-electron chi connectivity index (χ3n) is 4.43. The highest BCUT2D eigenvalue weighted by molar-refractivity contribution is 7.89. The molecule has 1 atom stereocenters. The van der Waals surface area contributed by atoms with Gasteiger partial charge in [-0.25, -0.2) is 8.42 Å². The highest BCUT2D eigenvalue weighted by Gasteiger charge is 2.25. The molecule has 1 amide bonds. The van der Waals surface area contributed by atoms with Gasteiger partial charge >= 0.3 is 0 Å². The molecule has 0 saturated carbocycles. The topological polar surface area (TPSA) is 75.7 Å². The molecule has 1 fully saturated rings. The maximum atomic E-state index is 12.9. The molecule has 1 heterocycles. The summed E-state index contributed by atoms with van der Waals surface area (Å²) in [7, 11) is -1.93. The van der Waals surface area contributed by atoms with Gasteiger partial charge in [0.2, 0.25) is 10.0 Å². The second-order valence-corrected chi connectivity index (χ2v) is 8.44. The summed E-state index contributed by atoms with van der Waals surface area (Å²) in [6.45, 7) is 3.55. The minimum atomic E-state index is -3.55. The first kappa shape index (κ1) is 19.9. The number of hydrogen-bond donors (Lipinski definition) is 1.